The summed E-state index contributed by atoms with van der Waals surface area (Å²) in [5.41, 5.74) is 2.56. The van der Waals surface area contributed by atoms with Crippen molar-refractivity contribution in [2.45, 2.75) is 88.5 Å². The first-order valence-electron chi connectivity index (χ1n) is 16.9. The molecule has 4 aliphatic rings. The fraction of sp³-hybridized carbons (Fsp3) is 0.556. The normalized spacial score (nSPS) is 23.1. The molecular formula is C36H46N4O6. The molecule has 4 atom stereocenters. The van der Waals surface area contributed by atoms with Crippen LogP contribution in [0.4, 0.5) is 11.4 Å². The second-order valence-corrected chi connectivity index (χ2v) is 12.5. The van der Waals surface area contributed by atoms with Crippen molar-refractivity contribution in [1.29, 1.82) is 0 Å². The molecule has 46 heavy (non-hydrogen) atoms. The number of carbonyl (C=O) groups is 2. The number of rotatable bonds is 15. The van der Waals surface area contributed by atoms with Gasteiger partial charge in [-0.05, 0) is 62.1 Å². The van der Waals surface area contributed by atoms with Gasteiger partial charge in [0, 0.05) is 38.7 Å². The second kappa shape index (κ2) is 15.2. The summed E-state index contributed by atoms with van der Waals surface area (Å²) in [5.74, 6) is 1.32. The highest BCUT2D eigenvalue weighted by molar-refractivity contribution is 6.04. The number of fused-ring (bicyclic) bond motifs is 4. The van der Waals surface area contributed by atoms with Crippen LogP contribution in [-0.2, 0) is 9.47 Å². The van der Waals surface area contributed by atoms with Gasteiger partial charge in [-0.2, -0.15) is 0 Å². The summed E-state index contributed by atoms with van der Waals surface area (Å²) in [6, 6.07) is 10.7. The predicted molar refractivity (Wildman–Crippen MR) is 178 cm³/mol. The summed E-state index contributed by atoms with van der Waals surface area (Å²) in [6.45, 7) is 2.79. The van der Waals surface area contributed by atoms with Crippen LogP contribution in [0, 0.1) is 0 Å². The maximum Gasteiger partial charge on any atom is 0.256 e. The molecule has 0 aromatic heterocycles. The zero-order valence-corrected chi connectivity index (χ0v) is 27.1. The van der Waals surface area contributed by atoms with Crippen LogP contribution in [0.3, 0.4) is 0 Å². The number of hydrogen-bond acceptors (Lipinski definition) is 8. The molecule has 0 spiro atoms. The van der Waals surface area contributed by atoms with E-state index in [1.54, 1.807) is 26.4 Å². The highest BCUT2D eigenvalue weighted by Gasteiger charge is 2.40. The fourth-order valence-electron chi connectivity index (χ4n) is 6.97. The second-order valence-electron chi connectivity index (χ2n) is 12.5. The molecule has 2 unspecified atom stereocenters. The van der Waals surface area contributed by atoms with Gasteiger partial charge in [-0.15, -0.1) is 0 Å². The van der Waals surface area contributed by atoms with E-state index < -0.39 is 0 Å². The van der Waals surface area contributed by atoms with Gasteiger partial charge in [0.2, 0.25) is 0 Å². The Labute approximate surface area is 271 Å². The zero-order valence-electron chi connectivity index (χ0n) is 27.1. The van der Waals surface area contributed by atoms with E-state index in [9.17, 15) is 9.59 Å². The van der Waals surface area contributed by atoms with Crippen molar-refractivity contribution >= 4 is 35.6 Å². The van der Waals surface area contributed by atoms with Crippen LogP contribution in [0.5, 0.6) is 11.5 Å². The number of ether oxygens (including phenoxy) is 4. The Kier molecular flexibility index (Phi) is 10.7. The molecule has 2 aromatic carbocycles. The molecule has 246 valence electrons. The Hall–Kier alpha value is -3.76. The largest absolute Gasteiger partial charge is 0.497 e. The Balaban J connectivity index is 0.812. The van der Waals surface area contributed by atoms with Crippen LogP contribution < -0.4 is 9.47 Å². The third-order valence-corrected chi connectivity index (χ3v) is 9.62. The van der Waals surface area contributed by atoms with E-state index in [1.165, 1.54) is 25.7 Å². The summed E-state index contributed by atoms with van der Waals surface area (Å²) >= 11 is 0. The van der Waals surface area contributed by atoms with E-state index in [2.05, 4.69) is 9.98 Å². The standard InChI is InChI=1S/C36H46N4O6/c1-43-25-11-13-29-27(21-25)35(41)39-17-15-33(31(39)23-37-29)45-19-9-7-5-3-4-6-8-10-20-46-34-16-18-40-32(34)24-38-30-14-12-26(44-2)22-28(30)36(40)42/h11-14,21-24,31-34H,3-10,15-20H2,1-2H3/t31-,32-,33?,34?/m0/s1. The van der Waals surface area contributed by atoms with Crippen molar-refractivity contribution in [1.82, 2.24) is 9.80 Å². The van der Waals surface area contributed by atoms with Crippen LogP contribution in [0.1, 0.15) is 84.9 Å². The average molecular weight is 631 g/mol. The number of nitrogens with zero attached hydrogens (tertiary/aromatic N) is 4. The molecule has 10 nitrogen and oxygen atoms in total. The lowest BCUT2D eigenvalue weighted by molar-refractivity contribution is 0.0401. The maximum atomic E-state index is 13.2. The van der Waals surface area contributed by atoms with Gasteiger partial charge in [-0.3, -0.25) is 19.6 Å². The number of carbonyl (C=O) groups excluding carboxylic acids is 2. The Morgan fingerprint density at radius 1 is 0.630 bits per heavy atom. The molecule has 2 aromatic rings. The average Bonchev–Trinajstić information content (AvgIpc) is 3.61. The lowest BCUT2D eigenvalue weighted by atomic mass is 10.1. The number of unbranched alkanes of at least 4 members (excludes halogenated alkanes) is 7. The van der Waals surface area contributed by atoms with Gasteiger partial charge in [-0.25, -0.2) is 0 Å². The molecule has 2 saturated heterocycles. The van der Waals surface area contributed by atoms with Gasteiger partial charge >= 0.3 is 0 Å². The number of methoxy groups -OCH3 is 2. The number of benzene rings is 2. The molecule has 0 radical (unpaired) electrons. The molecule has 4 aliphatic heterocycles. The third kappa shape index (κ3) is 7.13. The molecule has 4 heterocycles. The van der Waals surface area contributed by atoms with Crippen LogP contribution in [0.15, 0.2) is 46.4 Å². The monoisotopic (exact) mass is 630 g/mol. The SMILES string of the molecule is COc1ccc2c(c1)C(=O)N1CCC(OCCCCCCCCCCOC3CCN4C(=O)c5cc(OC)ccc5N=C[C@@H]34)[C@@H]1C=N2. The minimum Gasteiger partial charge on any atom is -0.497 e. The highest BCUT2D eigenvalue weighted by Crippen LogP contribution is 2.34. The fourth-order valence-corrected chi connectivity index (χ4v) is 6.97. The Morgan fingerprint density at radius 2 is 1.04 bits per heavy atom. The Bertz CT molecular complexity index is 1340. The van der Waals surface area contributed by atoms with E-state index >= 15 is 0 Å². The van der Waals surface area contributed by atoms with Gasteiger partial charge in [0.1, 0.15) is 11.5 Å². The summed E-state index contributed by atoms with van der Waals surface area (Å²) in [4.78, 5) is 39.4. The van der Waals surface area contributed by atoms with E-state index in [0.29, 0.717) is 60.3 Å². The predicted octanol–water partition coefficient (Wildman–Crippen LogP) is 6.16. The number of aliphatic imine (C=N–C) groups is 2. The molecule has 0 aliphatic carbocycles. The maximum absolute atomic E-state index is 13.2. The first kappa shape index (κ1) is 32.2. The van der Waals surface area contributed by atoms with Gasteiger partial charge < -0.3 is 28.7 Å². The Morgan fingerprint density at radius 3 is 1.46 bits per heavy atom. The van der Waals surface area contributed by atoms with Crippen molar-refractivity contribution in [3.8, 4) is 11.5 Å². The summed E-state index contributed by atoms with van der Waals surface area (Å²) in [7, 11) is 3.21. The van der Waals surface area contributed by atoms with Crippen molar-refractivity contribution in [2.75, 3.05) is 40.5 Å². The molecule has 0 bridgehead atoms. The minimum atomic E-state index is -0.118. The lowest BCUT2D eigenvalue weighted by Gasteiger charge is -2.23. The van der Waals surface area contributed by atoms with Crippen molar-refractivity contribution in [3.05, 3.63) is 47.5 Å². The summed E-state index contributed by atoms with van der Waals surface area (Å²) in [6.07, 6.45) is 14.7. The first-order chi connectivity index (χ1) is 22.6. The van der Waals surface area contributed by atoms with Crippen molar-refractivity contribution < 1.29 is 28.5 Å². The highest BCUT2D eigenvalue weighted by atomic mass is 16.5. The quantitative estimate of drug-likeness (QED) is 0.219. The first-order valence-corrected chi connectivity index (χ1v) is 16.9. The molecule has 0 N–H and O–H groups in total. The molecule has 6 rings (SSSR count). The van der Waals surface area contributed by atoms with Gasteiger partial charge in [0.05, 0.1) is 61.0 Å². The summed E-state index contributed by atoms with van der Waals surface area (Å²) in [5, 5.41) is 0. The van der Waals surface area contributed by atoms with E-state index in [1.807, 2.05) is 46.5 Å². The molecule has 10 heteroatoms. The zero-order chi connectivity index (χ0) is 31.9. The third-order valence-electron chi connectivity index (χ3n) is 9.62. The number of hydrogen-bond donors (Lipinski definition) is 0. The molecular weight excluding hydrogens is 584 g/mol. The molecule has 2 fully saturated rings. The van der Waals surface area contributed by atoms with E-state index in [0.717, 1.165) is 38.5 Å². The van der Waals surface area contributed by atoms with Gasteiger partial charge in [0.15, 0.2) is 0 Å². The summed E-state index contributed by atoms with van der Waals surface area (Å²) < 4.78 is 23.1. The van der Waals surface area contributed by atoms with Crippen LogP contribution in [0.2, 0.25) is 0 Å². The molecule has 2 amide bonds. The number of amides is 2. The van der Waals surface area contributed by atoms with Crippen LogP contribution in [0.25, 0.3) is 0 Å². The van der Waals surface area contributed by atoms with Gasteiger partial charge in [-0.1, -0.05) is 38.5 Å². The minimum absolute atomic E-state index is 0.00202. The lowest BCUT2D eigenvalue weighted by Crippen LogP contribution is -2.40. The smallest absolute Gasteiger partial charge is 0.256 e. The van der Waals surface area contributed by atoms with Gasteiger partial charge in [0.25, 0.3) is 11.8 Å². The molecule has 0 saturated carbocycles. The van der Waals surface area contributed by atoms with E-state index in [4.69, 9.17) is 18.9 Å². The van der Waals surface area contributed by atoms with E-state index in [-0.39, 0.29) is 36.1 Å². The van der Waals surface area contributed by atoms with Crippen molar-refractivity contribution in [3.63, 3.8) is 0 Å². The van der Waals surface area contributed by atoms with Crippen LogP contribution >= 0.6 is 0 Å². The topological polar surface area (TPSA) is 102 Å². The van der Waals surface area contributed by atoms with Crippen LogP contribution in [-0.4, -0.2) is 98.9 Å². The van der Waals surface area contributed by atoms with Crippen molar-refractivity contribution in [2.24, 2.45) is 9.98 Å².